The number of nitrogens with one attached hydrogen (secondary N) is 3. The van der Waals surface area contributed by atoms with Crippen LogP contribution in [0.2, 0.25) is 20.1 Å². The Labute approximate surface area is 375 Å². The topological polar surface area (TPSA) is 137 Å². The summed E-state index contributed by atoms with van der Waals surface area (Å²) in [6, 6.07) is 14.2. The minimum Gasteiger partial charge on any atom is -0.497 e. The van der Waals surface area contributed by atoms with Gasteiger partial charge in [0, 0.05) is 79.1 Å². The van der Waals surface area contributed by atoms with E-state index >= 15 is 0 Å². The third kappa shape index (κ3) is 21.6. The Hall–Kier alpha value is -4.10. The maximum Gasteiger partial charge on any atom is 0.232 e. The van der Waals surface area contributed by atoms with Gasteiger partial charge >= 0.3 is 0 Å². The molecule has 5 N–H and O–H groups in total. The van der Waals surface area contributed by atoms with Gasteiger partial charge < -0.3 is 30.9 Å². The number of halogens is 4. The zero-order valence-corrected chi connectivity index (χ0v) is 36.9. The van der Waals surface area contributed by atoms with Crippen molar-refractivity contribution in [3.05, 3.63) is 96.4 Å². The number of ether oxygens (including phenoxy) is 1. The normalized spacial score (nSPS) is 9.72. The van der Waals surface area contributed by atoms with Crippen molar-refractivity contribution in [3.8, 4) is 42.8 Å². The van der Waals surface area contributed by atoms with Gasteiger partial charge in [-0.25, -0.2) is 0 Å². The maximum absolute atomic E-state index is 11.2. The predicted octanol–water partition coefficient (Wildman–Crippen LogP) is 6.82. The number of rotatable bonds is 18. The van der Waals surface area contributed by atoms with Crippen molar-refractivity contribution in [2.24, 2.45) is 0 Å². The fourth-order valence-corrected chi connectivity index (χ4v) is 6.38. The largest absolute Gasteiger partial charge is 0.497 e. The molecule has 0 aliphatic heterocycles. The van der Waals surface area contributed by atoms with Crippen LogP contribution in [0.3, 0.4) is 0 Å². The molecule has 3 rings (SSSR count). The molecule has 0 bridgehead atoms. The first-order valence-electron chi connectivity index (χ1n) is 17.0. The number of amides is 3. The number of hydrogen-bond acceptors (Lipinski definition) is 9. The fraction of sp³-hybridized carbons (Fsp3) is 0.286. The number of aliphatic hydroxyl groups is 2. The summed E-state index contributed by atoms with van der Waals surface area (Å²) in [5.41, 5.74) is 3.89. The summed E-state index contributed by atoms with van der Waals surface area (Å²) < 4.78 is 5.13. The quantitative estimate of drug-likeness (QED) is 0.0688. The van der Waals surface area contributed by atoms with Crippen molar-refractivity contribution >= 4 is 115 Å². The van der Waals surface area contributed by atoms with Crippen molar-refractivity contribution in [2.45, 2.75) is 51.7 Å². The Bertz CT molecular complexity index is 2050. The number of aliphatic hydroxyl groups excluding tert-OH is 2. The SMILES string of the molecule is C#CCC(=O)NCC(=S)Cc1cc(Cl)c(CO)c(Cl)c1.C#CCC(=O)NCC(=S)Cc1cc(Cl)cc(OC)c1.C#CCC(=O)NCC(=S)Cc1ccc(CO)c(Cl)c1. The highest BCUT2D eigenvalue weighted by molar-refractivity contribution is 7.80. The lowest BCUT2D eigenvalue weighted by Crippen LogP contribution is -2.28. The molecule has 9 nitrogen and oxygen atoms in total. The van der Waals surface area contributed by atoms with E-state index in [1.54, 1.807) is 37.4 Å². The van der Waals surface area contributed by atoms with Gasteiger partial charge in [0.25, 0.3) is 0 Å². The van der Waals surface area contributed by atoms with Crippen LogP contribution in [0.4, 0.5) is 0 Å². The summed E-state index contributed by atoms with van der Waals surface area (Å²) in [6.45, 7) is 0.600. The first-order valence-corrected chi connectivity index (χ1v) is 19.8. The number of methoxy groups -OCH3 is 1. The molecule has 306 valence electrons. The molecule has 0 atom stereocenters. The number of thiocarbonyl (C=S) groups is 3. The third-order valence-corrected chi connectivity index (χ3v) is 9.36. The van der Waals surface area contributed by atoms with E-state index < -0.39 is 0 Å². The van der Waals surface area contributed by atoms with E-state index in [-0.39, 0.29) is 56.7 Å². The van der Waals surface area contributed by atoms with Gasteiger partial charge in [-0.1, -0.05) is 113 Å². The van der Waals surface area contributed by atoms with E-state index in [1.807, 2.05) is 18.2 Å². The highest BCUT2D eigenvalue weighted by atomic mass is 35.5. The van der Waals surface area contributed by atoms with E-state index in [4.69, 9.17) is 117 Å². The number of carbonyl (C=O) groups is 3. The summed E-state index contributed by atoms with van der Waals surface area (Å²) in [5.74, 6) is 6.83. The molecule has 3 aromatic rings. The second kappa shape index (κ2) is 29.2. The van der Waals surface area contributed by atoms with Crippen LogP contribution in [-0.2, 0) is 46.9 Å². The smallest absolute Gasteiger partial charge is 0.232 e. The molecular weight excluding hydrogens is 880 g/mol. The van der Waals surface area contributed by atoms with Gasteiger partial charge in [-0.3, -0.25) is 14.4 Å². The second-order valence-corrected chi connectivity index (χ2v) is 15.3. The minimum atomic E-state index is -0.235. The van der Waals surface area contributed by atoms with Crippen LogP contribution in [0.1, 0.15) is 47.1 Å². The highest BCUT2D eigenvalue weighted by Gasteiger charge is 2.10. The summed E-state index contributed by atoms with van der Waals surface area (Å²) in [6.07, 6.45) is 16.8. The van der Waals surface area contributed by atoms with Gasteiger partial charge in [0.05, 0.1) is 39.6 Å². The molecule has 0 aromatic heterocycles. The van der Waals surface area contributed by atoms with Crippen molar-refractivity contribution < 1.29 is 29.3 Å². The molecule has 0 saturated heterocycles. The molecule has 0 radical (unpaired) electrons. The van der Waals surface area contributed by atoms with Gasteiger partial charge in [0.15, 0.2) is 0 Å². The Morgan fingerprint density at radius 3 is 1.41 bits per heavy atom. The van der Waals surface area contributed by atoms with Crippen LogP contribution >= 0.6 is 83.1 Å². The van der Waals surface area contributed by atoms with Crippen molar-refractivity contribution in [2.75, 3.05) is 26.7 Å². The van der Waals surface area contributed by atoms with Crippen LogP contribution in [0.5, 0.6) is 5.75 Å². The van der Waals surface area contributed by atoms with Crippen LogP contribution in [0.15, 0.2) is 48.5 Å². The van der Waals surface area contributed by atoms with Gasteiger partial charge in [-0.15, -0.1) is 19.3 Å². The molecule has 0 heterocycles. The monoisotopic (exact) mass is 919 g/mol. The van der Waals surface area contributed by atoms with Crippen LogP contribution < -0.4 is 20.7 Å². The van der Waals surface area contributed by atoms with Gasteiger partial charge in [0.1, 0.15) is 5.75 Å². The van der Waals surface area contributed by atoms with Crippen molar-refractivity contribution in [1.82, 2.24) is 16.0 Å². The lowest BCUT2D eigenvalue weighted by Gasteiger charge is -2.09. The van der Waals surface area contributed by atoms with E-state index in [0.717, 1.165) is 16.7 Å². The van der Waals surface area contributed by atoms with Gasteiger partial charge in [0.2, 0.25) is 17.7 Å². The van der Waals surface area contributed by atoms with E-state index in [1.165, 1.54) is 0 Å². The lowest BCUT2D eigenvalue weighted by atomic mass is 10.1. The molecular formula is C42H41Cl4N3O6S3. The summed E-state index contributed by atoms with van der Waals surface area (Å²) >= 11 is 39.5. The predicted molar refractivity (Wildman–Crippen MR) is 246 cm³/mol. The molecule has 58 heavy (non-hydrogen) atoms. The summed E-state index contributed by atoms with van der Waals surface area (Å²) in [7, 11) is 1.58. The number of hydrogen-bond donors (Lipinski definition) is 5. The highest BCUT2D eigenvalue weighted by Crippen LogP contribution is 2.27. The van der Waals surface area contributed by atoms with Crippen molar-refractivity contribution in [3.63, 3.8) is 0 Å². The molecule has 0 unspecified atom stereocenters. The molecule has 16 heteroatoms. The Morgan fingerprint density at radius 2 is 1.03 bits per heavy atom. The molecule has 0 aliphatic carbocycles. The summed E-state index contributed by atoms with van der Waals surface area (Å²) in [5, 5.41) is 28.0. The first-order chi connectivity index (χ1) is 27.6. The standard InChI is InChI=1S/C14H13Cl2NO2S.2C14H14ClNO2S/c1-2-3-14(19)17-7-10(20)4-9-5-12(15)11(8-18)13(16)6-9;1-3-4-14(17)16-9-13(19)7-10-5-11(15)8-12(6-10)18-2;1-2-3-14(18)16-8-12(19)6-10-4-5-11(9-17)13(15)7-10/h1,5-6,18H,3-4,7-8H2,(H,17,19);1,5-6,8H,4,7,9H2,2H3,(H,16,17);1,4-5,7,17H,3,6,8-9H2,(H,16,18). The Balaban J connectivity index is 0.000000435. The first kappa shape index (κ1) is 51.9. The Morgan fingerprint density at radius 1 is 0.621 bits per heavy atom. The number of terminal acetylenes is 3. The van der Waals surface area contributed by atoms with Gasteiger partial charge in [-0.2, -0.15) is 0 Å². The van der Waals surface area contributed by atoms with Crippen LogP contribution in [0, 0.1) is 37.0 Å². The zero-order chi connectivity index (χ0) is 43.6. The average Bonchev–Trinajstić information content (AvgIpc) is 3.16. The summed E-state index contributed by atoms with van der Waals surface area (Å²) in [4.78, 5) is 35.6. The van der Waals surface area contributed by atoms with Gasteiger partial charge in [-0.05, 0) is 58.7 Å². The second-order valence-electron chi connectivity index (χ2n) is 11.9. The maximum atomic E-state index is 11.2. The zero-order valence-electron chi connectivity index (χ0n) is 31.4. The van der Waals surface area contributed by atoms with E-state index in [9.17, 15) is 14.4 Å². The molecule has 0 saturated carbocycles. The molecule has 0 fully saturated rings. The van der Waals surface area contributed by atoms with Crippen molar-refractivity contribution in [1.29, 1.82) is 0 Å². The number of carbonyl (C=O) groups excluding carboxylic acids is 3. The van der Waals surface area contributed by atoms with E-state index in [2.05, 4.69) is 33.7 Å². The molecule has 0 spiro atoms. The van der Waals surface area contributed by atoms with Crippen LogP contribution in [0.25, 0.3) is 0 Å². The fourth-order valence-electron chi connectivity index (χ4n) is 4.51. The third-order valence-electron chi connectivity index (χ3n) is 7.25. The van der Waals surface area contributed by atoms with E-state index in [0.29, 0.717) is 83.9 Å². The minimum absolute atomic E-state index is 0.0332. The lowest BCUT2D eigenvalue weighted by molar-refractivity contribution is -0.120. The van der Waals surface area contributed by atoms with Crippen LogP contribution in [-0.4, -0.2) is 69.3 Å². The number of benzene rings is 3. The molecule has 3 amide bonds. The average molecular weight is 922 g/mol. The molecule has 0 aliphatic rings. The molecule has 3 aromatic carbocycles. The Kier molecular flexibility index (Phi) is 26.1.